The molecule has 0 radical (unpaired) electrons. The number of carbonyl (C=O) groups excluding carboxylic acids is 1. The summed E-state index contributed by atoms with van der Waals surface area (Å²) in [6.07, 6.45) is 0. The topological polar surface area (TPSA) is 35.5 Å². The molecule has 0 amide bonds. The van der Waals surface area contributed by atoms with Crippen LogP contribution in [0.2, 0.25) is 0 Å². The van der Waals surface area contributed by atoms with Gasteiger partial charge >= 0.3 is 0 Å². The van der Waals surface area contributed by atoms with Gasteiger partial charge in [-0.15, -0.1) is 0 Å². The first-order chi connectivity index (χ1) is 9.92. The monoisotopic (exact) mass is 416 g/mol. The largest absolute Gasteiger partial charge is 0.496 e. The van der Waals surface area contributed by atoms with Gasteiger partial charge in [-0.1, -0.05) is 0 Å². The second-order valence-corrected chi connectivity index (χ2v) is 5.92. The van der Waals surface area contributed by atoms with E-state index in [-0.39, 0.29) is 11.3 Å². The molecule has 0 aliphatic rings. The van der Waals surface area contributed by atoms with E-state index in [0.29, 0.717) is 26.2 Å². The number of rotatable bonds is 4. The van der Waals surface area contributed by atoms with E-state index in [1.807, 2.05) is 0 Å². The maximum atomic E-state index is 13.2. The minimum Gasteiger partial charge on any atom is -0.496 e. The highest BCUT2D eigenvalue weighted by Gasteiger charge is 2.14. The van der Waals surface area contributed by atoms with Crippen LogP contribution in [0.1, 0.15) is 17.3 Å². The van der Waals surface area contributed by atoms with Crippen molar-refractivity contribution in [2.24, 2.45) is 0 Å². The summed E-state index contributed by atoms with van der Waals surface area (Å²) in [6, 6.07) is 7.27. The van der Waals surface area contributed by atoms with Crippen LogP contribution in [0.3, 0.4) is 0 Å². The molecule has 0 aliphatic carbocycles. The maximum absolute atomic E-state index is 13.2. The second kappa shape index (κ2) is 6.58. The minimum absolute atomic E-state index is 0.189. The van der Waals surface area contributed by atoms with Gasteiger partial charge in [-0.05, 0) is 69.1 Å². The molecule has 0 bridgehead atoms. The number of hydrogen-bond donors (Lipinski definition) is 0. The first-order valence-electron chi connectivity index (χ1n) is 5.93. The van der Waals surface area contributed by atoms with Crippen LogP contribution < -0.4 is 9.47 Å². The van der Waals surface area contributed by atoms with Crippen LogP contribution in [0.15, 0.2) is 39.3 Å². The highest BCUT2D eigenvalue weighted by atomic mass is 79.9. The van der Waals surface area contributed by atoms with Crippen LogP contribution in [0.5, 0.6) is 17.2 Å². The summed E-state index contributed by atoms with van der Waals surface area (Å²) in [5, 5.41) is 0. The van der Waals surface area contributed by atoms with Crippen LogP contribution in [0, 0.1) is 5.82 Å². The molecule has 2 aromatic rings. The van der Waals surface area contributed by atoms with E-state index in [2.05, 4.69) is 31.9 Å². The summed E-state index contributed by atoms with van der Waals surface area (Å²) < 4.78 is 25.5. The Morgan fingerprint density at radius 3 is 2.29 bits per heavy atom. The number of ether oxygens (including phenoxy) is 2. The zero-order valence-corrected chi connectivity index (χ0v) is 14.4. The molecule has 0 N–H and O–H groups in total. The molecule has 110 valence electrons. The van der Waals surface area contributed by atoms with Gasteiger partial charge in [0.05, 0.1) is 21.6 Å². The van der Waals surface area contributed by atoms with Crippen molar-refractivity contribution < 1.29 is 18.7 Å². The SMILES string of the molecule is COc1cc(Br)c(Oc2ccc(F)cc2C(C)=O)cc1Br. The minimum atomic E-state index is -0.484. The third-order valence-electron chi connectivity index (χ3n) is 2.75. The average molecular weight is 418 g/mol. The van der Waals surface area contributed by atoms with Gasteiger partial charge in [-0.3, -0.25) is 4.79 Å². The summed E-state index contributed by atoms with van der Waals surface area (Å²) >= 11 is 6.73. The van der Waals surface area contributed by atoms with Gasteiger partial charge in [0.1, 0.15) is 23.1 Å². The van der Waals surface area contributed by atoms with Crippen molar-refractivity contribution in [3.05, 3.63) is 50.7 Å². The molecule has 0 heterocycles. The molecule has 3 nitrogen and oxygen atoms in total. The van der Waals surface area contributed by atoms with Gasteiger partial charge in [0.2, 0.25) is 0 Å². The molecule has 0 atom stereocenters. The van der Waals surface area contributed by atoms with Gasteiger partial charge in [0, 0.05) is 0 Å². The van der Waals surface area contributed by atoms with E-state index >= 15 is 0 Å². The molecule has 0 fully saturated rings. The molecule has 21 heavy (non-hydrogen) atoms. The van der Waals surface area contributed by atoms with Crippen molar-refractivity contribution in [2.75, 3.05) is 7.11 Å². The number of benzene rings is 2. The van der Waals surface area contributed by atoms with Crippen molar-refractivity contribution in [2.45, 2.75) is 6.92 Å². The smallest absolute Gasteiger partial charge is 0.163 e. The number of carbonyl (C=O) groups is 1. The lowest BCUT2D eigenvalue weighted by atomic mass is 10.1. The van der Waals surface area contributed by atoms with Crippen molar-refractivity contribution in [1.29, 1.82) is 0 Å². The van der Waals surface area contributed by atoms with Crippen LogP contribution in [-0.2, 0) is 0 Å². The molecular weight excluding hydrogens is 407 g/mol. The van der Waals surface area contributed by atoms with Crippen LogP contribution in [0.25, 0.3) is 0 Å². The van der Waals surface area contributed by atoms with Crippen LogP contribution in [0.4, 0.5) is 4.39 Å². The fraction of sp³-hybridized carbons (Fsp3) is 0.133. The maximum Gasteiger partial charge on any atom is 0.163 e. The molecule has 2 aromatic carbocycles. The van der Waals surface area contributed by atoms with Gasteiger partial charge in [0.25, 0.3) is 0 Å². The van der Waals surface area contributed by atoms with Gasteiger partial charge < -0.3 is 9.47 Å². The zero-order chi connectivity index (χ0) is 15.6. The van der Waals surface area contributed by atoms with Crippen molar-refractivity contribution in [3.8, 4) is 17.2 Å². The molecule has 0 aromatic heterocycles. The van der Waals surface area contributed by atoms with E-state index < -0.39 is 5.82 Å². The Morgan fingerprint density at radius 1 is 1.05 bits per heavy atom. The molecule has 0 spiro atoms. The Labute approximate surface area is 138 Å². The molecule has 2 rings (SSSR count). The number of ketones is 1. The molecule has 0 aliphatic heterocycles. The fourth-order valence-electron chi connectivity index (χ4n) is 1.73. The molecule has 6 heteroatoms. The number of halogens is 3. The van der Waals surface area contributed by atoms with Gasteiger partial charge in [-0.2, -0.15) is 0 Å². The number of methoxy groups -OCH3 is 1. The first-order valence-corrected chi connectivity index (χ1v) is 7.52. The summed E-state index contributed by atoms with van der Waals surface area (Å²) in [7, 11) is 1.56. The highest BCUT2D eigenvalue weighted by Crippen LogP contribution is 2.39. The number of Topliss-reactive ketones (excluding diaryl/α,β-unsaturated/α-hetero) is 1. The van der Waals surface area contributed by atoms with Crippen molar-refractivity contribution in [1.82, 2.24) is 0 Å². The van der Waals surface area contributed by atoms with E-state index in [1.165, 1.54) is 19.1 Å². The summed E-state index contributed by atoms with van der Waals surface area (Å²) in [4.78, 5) is 11.6. The van der Waals surface area contributed by atoms with E-state index in [0.717, 1.165) is 6.07 Å². The summed E-state index contributed by atoms with van der Waals surface area (Å²) in [5.41, 5.74) is 0.189. The normalized spacial score (nSPS) is 10.3. The summed E-state index contributed by atoms with van der Waals surface area (Å²) in [6.45, 7) is 1.36. The Kier molecular flexibility index (Phi) is 5.00. The lowest BCUT2D eigenvalue weighted by Crippen LogP contribution is -1.98. The Bertz CT molecular complexity index is 702. The van der Waals surface area contributed by atoms with E-state index in [1.54, 1.807) is 19.2 Å². The predicted octanol–water partition coefficient (Wildman–Crippen LogP) is 5.35. The average Bonchev–Trinajstić information content (AvgIpc) is 2.44. The van der Waals surface area contributed by atoms with E-state index in [4.69, 9.17) is 9.47 Å². The van der Waals surface area contributed by atoms with Gasteiger partial charge in [0.15, 0.2) is 5.78 Å². The Balaban J connectivity index is 2.43. The van der Waals surface area contributed by atoms with Crippen LogP contribution in [-0.4, -0.2) is 12.9 Å². The van der Waals surface area contributed by atoms with Crippen LogP contribution >= 0.6 is 31.9 Å². The lowest BCUT2D eigenvalue weighted by Gasteiger charge is -2.13. The van der Waals surface area contributed by atoms with Gasteiger partial charge in [-0.25, -0.2) is 4.39 Å². The quantitative estimate of drug-likeness (QED) is 0.628. The Morgan fingerprint density at radius 2 is 1.67 bits per heavy atom. The lowest BCUT2D eigenvalue weighted by molar-refractivity contribution is 0.101. The fourth-order valence-corrected chi connectivity index (χ4v) is 2.62. The second-order valence-electron chi connectivity index (χ2n) is 4.22. The highest BCUT2D eigenvalue weighted by molar-refractivity contribution is 9.11. The molecule has 0 saturated heterocycles. The first kappa shape index (κ1) is 16.0. The van der Waals surface area contributed by atoms with Crippen molar-refractivity contribution in [3.63, 3.8) is 0 Å². The zero-order valence-electron chi connectivity index (χ0n) is 11.2. The third-order valence-corrected chi connectivity index (χ3v) is 3.99. The number of hydrogen-bond acceptors (Lipinski definition) is 3. The molecule has 0 saturated carbocycles. The Hall–Kier alpha value is -1.40. The molecular formula is C15H11Br2FO3. The standard InChI is InChI=1S/C15H11Br2FO3/c1-8(19)10-5-9(18)3-4-13(10)21-15-7-11(16)14(20-2)6-12(15)17/h3-7H,1-2H3. The summed E-state index contributed by atoms with van der Waals surface area (Å²) in [5.74, 6) is 0.661. The molecule has 0 unspecified atom stereocenters. The third kappa shape index (κ3) is 3.63. The predicted molar refractivity (Wildman–Crippen MR) is 84.9 cm³/mol. The van der Waals surface area contributed by atoms with E-state index in [9.17, 15) is 9.18 Å². The van der Waals surface area contributed by atoms with Crippen molar-refractivity contribution >= 4 is 37.6 Å².